The van der Waals surface area contributed by atoms with Gasteiger partial charge in [0.1, 0.15) is 5.82 Å². The minimum absolute atomic E-state index is 0.183. The Kier molecular flexibility index (Phi) is 5.47. The van der Waals surface area contributed by atoms with Crippen molar-refractivity contribution < 1.29 is 14.3 Å². The van der Waals surface area contributed by atoms with E-state index in [4.69, 9.17) is 0 Å². The fraction of sp³-hybridized carbons (Fsp3) is 0.188. The molecule has 0 aliphatic heterocycles. The van der Waals surface area contributed by atoms with Crippen molar-refractivity contribution >= 4 is 21.8 Å². The van der Waals surface area contributed by atoms with Crippen LogP contribution >= 0.6 is 15.9 Å². The molecule has 110 valence electrons. The number of aliphatic hydroxyl groups excluding tert-OH is 1. The van der Waals surface area contributed by atoms with E-state index in [-0.39, 0.29) is 12.2 Å². The maximum Gasteiger partial charge on any atom is 0.251 e. The molecule has 0 spiro atoms. The zero-order valence-corrected chi connectivity index (χ0v) is 12.8. The number of carbonyl (C=O) groups excluding carboxylic acids is 1. The van der Waals surface area contributed by atoms with Crippen molar-refractivity contribution in [1.82, 2.24) is 5.32 Å². The number of aliphatic hydroxyl groups is 1. The molecule has 0 fully saturated rings. The third kappa shape index (κ3) is 4.65. The summed E-state index contributed by atoms with van der Waals surface area (Å²) in [7, 11) is 0. The SMILES string of the molecule is O=C(N[C@@H](CO)Cc1ccccc1)c1cc(F)cc(Br)c1. The zero-order chi connectivity index (χ0) is 15.2. The van der Waals surface area contributed by atoms with E-state index in [1.54, 1.807) is 0 Å². The number of benzene rings is 2. The average molecular weight is 352 g/mol. The number of hydrogen-bond donors (Lipinski definition) is 2. The van der Waals surface area contributed by atoms with E-state index in [1.165, 1.54) is 12.1 Å². The average Bonchev–Trinajstić information content (AvgIpc) is 2.46. The summed E-state index contributed by atoms with van der Waals surface area (Å²) in [6.45, 7) is -0.183. The highest BCUT2D eigenvalue weighted by Gasteiger charge is 2.14. The molecule has 0 radical (unpaired) electrons. The first-order valence-electron chi connectivity index (χ1n) is 6.50. The predicted molar refractivity (Wildman–Crippen MR) is 82.6 cm³/mol. The summed E-state index contributed by atoms with van der Waals surface area (Å²) in [6.07, 6.45) is 0.513. The lowest BCUT2D eigenvalue weighted by Gasteiger charge is -2.16. The largest absolute Gasteiger partial charge is 0.394 e. The smallest absolute Gasteiger partial charge is 0.251 e. The second kappa shape index (κ2) is 7.33. The summed E-state index contributed by atoms with van der Waals surface area (Å²) in [6, 6.07) is 13.1. The molecule has 2 N–H and O–H groups in total. The Bertz CT molecular complexity index is 599. The van der Waals surface area contributed by atoms with E-state index in [0.29, 0.717) is 10.9 Å². The molecule has 1 atom stereocenters. The quantitative estimate of drug-likeness (QED) is 0.869. The van der Waals surface area contributed by atoms with Crippen LogP contribution in [0, 0.1) is 5.82 Å². The van der Waals surface area contributed by atoms with Crippen molar-refractivity contribution in [1.29, 1.82) is 0 Å². The van der Waals surface area contributed by atoms with Gasteiger partial charge in [-0.2, -0.15) is 0 Å². The van der Waals surface area contributed by atoms with Crippen LogP contribution in [-0.2, 0) is 6.42 Å². The zero-order valence-electron chi connectivity index (χ0n) is 11.2. The fourth-order valence-corrected chi connectivity index (χ4v) is 2.48. The van der Waals surface area contributed by atoms with E-state index < -0.39 is 17.8 Å². The van der Waals surface area contributed by atoms with Crippen molar-refractivity contribution in [2.24, 2.45) is 0 Å². The first-order valence-corrected chi connectivity index (χ1v) is 7.29. The van der Waals surface area contributed by atoms with E-state index in [0.717, 1.165) is 11.6 Å². The Labute approximate surface area is 130 Å². The van der Waals surface area contributed by atoms with Gasteiger partial charge in [-0.05, 0) is 30.2 Å². The molecular formula is C16H15BrFNO2. The van der Waals surface area contributed by atoms with Crippen molar-refractivity contribution in [2.75, 3.05) is 6.61 Å². The minimum atomic E-state index is -0.488. The summed E-state index contributed by atoms with van der Waals surface area (Å²) in [4.78, 5) is 12.1. The van der Waals surface area contributed by atoms with Gasteiger partial charge in [0.2, 0.25) is 0 Å². The van der Waals surface area contributed by atoms with Crippen LogP contribution in [0.25, 0.3) is 0 Å². The molecular weight excluding hydrogens is 337 g/mol. The highest BCUT2D eigenvalue weighted by Crippen LogP contribution is 2.15. The van der Waals surface area contributed by atoms with Crippen LogP contribution in [0.5, 0.6) is 0 Å². The second-order valence-corrected chi connectivity index (χ2v) is 5.62. The van der Waals surface area contributed by atoms with Crippen molar-refractivity contribution in [2.45, 2.75) is 12.5 Å². The lowest BCUT2D eigenvalue weighted by atomic mass is 10.1. The van der Waals surface area contributed by atoms with Crippen LogP contribution in [0.3, 0.4) is 0 Å². The molecule has 0 heterocycles. The molecule has 21 heavy (non-hydrogen) atoms. The highest BCUT2D eigenvalue weighted by molar-refractivity contribution is 9.10. The highest BCUT2D eigenvalue weighted by atomic mass is 79.9. The predicted octanol–water partition coefficient (Wildman–Crippen LogP) is 2.92. The van der Waals surface area contributed by atoms with Gasteiger partial charge in [0.05, 0.1) is 12.6 Å². The van der Waals surface area contributed by atoms with Crippen LogP contribution in [0.2, 0.25) is 0 Å². The van der Waals surface area contributed by atoms with E-state index in [2.05, 4.69) is 21.2 Å². The Morgan fingerprint density at radius 3 is 2.57 bits per heavy atom. The standard InChI is InChI=1S/C16H15BrFNO2/c17-13-7-12(8-14(18)9-13)16(21)19-15(10-20)6-11-4-2-1-3-5-11/h1-5,7-9,15,20H,6,10H2,(H,19,21)/t15-/m1/s1. The molecule has 0 unspecified atom stereocenters. The van der Waals surface area contributed by atoms with Crippen molar-refractivity contribution in [3.05, 3.63) is 69.9 Å². The first-order chi connectivity index (χ1) is 10.1. The molecule has 0 saturated heterocycles. The topological polar surface area (TPSA) is 49.3 Å². The molecule has 0 bridgehead atoms. The summed E-state index contributed by atoms with van der Waals surface area (Å²) in [5.41, 5.74) is 1.23. The Morgan fingerprint density at radius 1 is 1.24 bits per heavy atom. The Morgan fingerprint density at radius 2 is 1.95 bits per heavy atom. The Balaban J connectivity index is 2.05. The maximum absolute atomic E-state index is 13.3. The molecule has 0 aliphatic rings. The fourth-order valence-electron chi connectivity index (χ4n) is 2.01. The van der Waals surface area contributed by atoms with Crippen LogP contribution in [0.15, 0.2) is 53.0 Å². The van der Waals surface area contributed by atoms with Crippen LogP contribution in [0.1, 0.15) is 15.9 Å². The van der Waals surface area contributed by atoms with Crippen LogP contribution in [0.4, 0.5) is 4.39 Å². The molecule has 1 amide bonds. The molecule has 2 aromatic rings. The van der Waals surface area contributed by atoms with Gasteiger partial charge in [-0.1, -0.05) is 46.3 Å². The van der Waals surface area contributed by atoms with E-state index >= 15 is 0 Å². The number of carbonyl (C=O) groups is 1. The van der Waals surface area contributed by atoms with Crippen LogP contribution in [-0.4, -0.2) is 23.7 Å². The molecule has 5 heteroatoms. The van der Waals surface area contributed by atoms with E-state index in [9.17, 15) is 14.3 Å². The third-order valence-electron chi connectivity index (χ3n) is 3.01. The number of hydrogen-bond acceptors (Lipinski definition) is 2. The van der Waals surface area contributed by atoms with Crippen molar-refractivity contribution in [3.8, 4) is 0 Å². The molecule has 0 aromatic heterocycles. The minimum Gasteiger partial charge on any atom is -0.394 e. The van der Waals surface area contributed by atoms with E-state index in [1.807, 2.05) is 30.3 Å². The van der Waals surface area contributed by atoms with Gasteiger partial charge in [-0.15, -0.1) is 0 Å². The number of amides is 1. The molecule has 0 aliphatic carbocycles. The Hall–Kier alpha value is -1.72. The summed E-state index contributed by atoms with van der Waals surface area (Å²) < 4.78 is 13.8. The summed E-state index contributed by atoms with van der Waals surface area (Å²) in [5, 5.41) is 12.1. The van der Waals surface area contributed by atoms with Gasteiger partial charge >= 0.3 is 0 Å². The summed E-state index contributed by atoms with van der Waals surface area (Å²) in [5.74, 6) is -0.900. The monoisotopic (exact) mass is 351 g/mol. The third-order valence-corrected chi connectivity index (χ3v) is 3.46. The van der Waals surface area contributed by atoms with Gasteiger partial charge in [0.15, 0.2) is 0 Å². The lowest BCUT2D eigenvalue weighted by molar-refractivity contribution is 0.0916. The van der Waals surface area contributed by atoms with Gasteiger partial charge in [0.25, 0.3) is 5.91 Å². The summed E-state index contributed by atoms with van der Waals surface area (Å²) >= 11 is 3.15. The second-order valence-electron chi connectivity index (χ2n) is 4.70. The maximum atomic E-state index is 13.3. The normalized spacial score (nSPS) is 12.0. The molecule has 2 aromatic carbocycles. The molecule has 2 rings (SSSR count). The van der Waals surface area contributed by atoms with Crippen LogP contribution < -0.4 is 5.32 Å². The van der Waals surface area contributed by atoms with Gasteiger partial charge in [0, 0.05) is 10.0 Å². The number of rotatable bonds is 5. The first kappa shape index (κ1) is 15.7. The van der Waals surface area contributed by atoms with Gasteiger partial charge in [-0.25, -0.2) is 4.39 Å². The molecule has 0 saturated carbocycles. The number of halogens is 2. The van der Waals surface area contributed by atoms with Gasteiger partial charge < -0.3 is 10.4 Å². The molecule has 3 nitrogen and oxygen atoms in total. The van der Waals surface area contributed by atoms with Gasteiger partial charge in [-0.3, -0.25) is 4.79 Å². The lowest BCUT2D eigenvalue weighted by Crippen LogP contribution is -2.39. The number of nitrogens with one attached hydrogen (secondary N) is 1. The van der Waals surface area contributed by atoms with Crippen molar-refractivity contribution in [3.63, 3.8) is 0 Å².